The fourth-order valence-corrected chi connectivity index (χ4v) is 3.98. The van der Waals surface area contributed by atoms with Crippen LogP contribution >= 0.6 is 11.6 Å². The molecule has 0 aliphatic carbocycles. The van der Waals surface area contributed by atoms with Crippen molar-refractivity contribution in [3.8, 4) is 0 Å². The predicted octanol–water partition coefficient (Wildman–Crippen LogP) is 4.89. The van der Waals surface area contributed by atoms with E-state index in [0.29, 0.717) is 35.1 Å². The summed E-state index contributed by atoms with van der Waals surface area (Å²) in [5.74, 6) is -0.636. The second kappa shape index (κ2) is 9.37. The molecule has 0 fully saturated rings. The van der Waals surface area contributed by atoms with Crippen LogP contribution in [0.5, 0.6) is 0 Å². The van der Waals surface area contributed by atoms with Gasteiger partial charge in [-0.2, -0.15) is 0 Å². The summed E-state index contributed by atoms with van der Waals surface area (Å²) in [6.45, 7) is 5.20. The van der Waals surface area contributed by atoms with Gasteiger partial charge < -0.3 is 4.90 Å². The van der Waals surface area contributed by atoms with Crippen LogP contribution in [0, 0.1) is 6.92 Å². The number of nitrogens with zero attached hydrogens (tertiary/aromatic N) is 3. The average Bonchev–Trinajstić information content (AvgIpc) is 3.06. The van der Waals surface area contributed by atoms with E-state index < -0.39 is 0 Å². The summed E-state index contributed by atoms with van der Waals surface area (Å²) in [6, 6.07) is 18.4. The van der Waals surface area contributed by atoms with Gasteiger partial charge in [-0.1, -0.05) is 41.4 Å². The molecule has 2 amide bonds. The van der Waals surface area contributed by atoms with E-state index in [-0.39, 0.29) is 11.8 Å². The topological polar surface area (TPSA) is 53.5 Å². The summed E-state index contributed by atoms with van der Waals surface area (Å²) in [5.41, 5.74) is 4.33. The molecule has 0 saturated carbocycles. The van der Waals surface area contributed by atoms with E-state index in [1.807, 2.05) is 55.1 Å². The first-order chi connectivity index (χ1) is 15.5. The molecule has 6 heteroatoms. The second-order valence-corrected chi connectivity index (χ2v) is 8.13. The molecule has 0 spiro atoms. The van der Waals surface area contributed by atoms with E-state index in [9.17, 15) is 9.59 Å². The Morgan fingerprint density at radius 3 is 2.19 bits per heavy atom. The molecule has 32 heavy (non-hydrogen) atoms. The number of hydrogen-bond donors (Lipinski definition) is 0. The minimum Gasteiger partial charge on any atom is -0.366 e. The second-order valence-electron chi connectivity index (χ2n) is 7.70. The van der Waals surface area contributed by atoms with Gasteiger partial charge in [-0.05, 0) is 67.8 Å². The van der Waals surface area contributed by atoms with Crippen LogP contribution in [-0.2, 0) is 16.0 Å². The number of aromatic nitrogens is 1. The highest BCUT2D eigenvalue weighted by molar-refractivity contribution is 6.45. The summed E-state index contributed by atoms with van der Waals surface area (Å²) < 4.78 is 0. The Morgan fingerprint density at radius 1 is 0.906 bits per heavy atom. The van der Waals surface area contributed by atoms with E-state index in [2.05, 4.69) is 4.98 Å². The van der Waals surface area contributed by atoms with Crippen molar-refractivity contribution in [2.24, 2.45) is 0 Å². The lowest BCUT2D eigenvalue weighted by Crippen LogP contribution is -2.36. The molecule has 4 rings (SSSR count). The number of likely N-dealkylation sites (N-methyl/N-ethyl adjacent to an activating group) is 1. The summed E-state index contributed by atoms with van der Waals surface area (Å²) in [5, 5.41) is 0.548. The molecule has 162 valence electrons. The van der Waals surface area contributed by atoms with E-state index in [4.69, 9.17) is 11.6 Å². The summed E-state index contributed by atoms with van der Waals surface area (Å²) in [6.07, 6.45) is 4.26. The highest BCUT2D eigenvalue weighted by Crippen LogP contribution is 2.35. The minimum atomic E-state index is -0.321. The van der Waals surface area contributed by atoms with Gasteiger partial charge in [0.05, 0.1) is 11.3 Å². The Morgan fingerprint density at radius 2 is 1.56 bits per heavy atom. The number of halogens is 1. The lowest BCUT2D eigenvalue weighted by Gasteiger charge is -2.25. The van der Waals surface area contributed by atoms with Crippen LogP contribution in [0.15, 0.2) is 78.8 Å². The first kappa shape index (κ1) is 21.8. The van der Waals surface area contributed by atoms with Crippen LogP contribution in [0.25, 0.3) is 5.57 Å². The predicted molar refractivity (Wildman–Crippen MR) is 127 cm³/mol. The maximum Gasteiger partial charge on any atom is 0.282 e. The molecule has 0 bridgehead atoms. The Bertz CT molecular complexity index is 1160. The van der Waals surface area contributed by atoms with Gasteiger partial charge >= 0.3 is 0 Å². The van der Waals surface area contributed by atoms with E-state index in [1.54, 1.807) is 36.7 Å². The van der Waals surface area contributed by atoms with Gasteiger partial charge in [-0.3, -0.25) is 14.6 Å². The first-order valence-corrected chi connectivity index (χ1v) is 11.0. The third-order valence-corrected chi connectivity index (χ3v) is 5.85. The summed E-state index contributed by atoms with van der Waals surface area (Å²) in [7, 11) is 0. The number of carbonyl (C=O) groups excluding carboxylic acids is 2. The number of anilines is 1. The summed E-state index contributed by atoms with van der Waals surface area (Å²) >= 11 is 6.02. The maximum atomic E-state index is 13.6. The van der Waals surface area contributed by atoms with Crippen molar-refractivity contribution in [3.05, 3.63) is 100 Å². The fourth-order valence-electron chi connectivity index (χ4n) is 3.86. The van der Waals surface area contributed by atoms with Gasteiger partial charge in [0.25, 0.3) is 11.8 Å². The van der Waals surface area contributed by atoms with Crippen molar-refractivity contribution >= 4 is 34.7 Å². The third-order valence-electron chi connectivity index (χ3n) is 5.60. The molecule has 0 saturated heterocycles. The van der Waals surface area contributed by atoms with Crippen LogP contribution < -0.4 is 4.90 Å². The molecule has 0 atom stereocenters. The van der Waals surface area contributed by atoms with Gasteiger partial charge in [0.2, 0.25) is 0 Å². The molecule has 2 heterocycles. The number of carbonyl (C=O) groups is 2. The normalized spacial score (nSPS) is 13.8. The quantitative estimate of drug-likeness (QED) is 0.486. The van der Waals surface area contributed by atoms with Gasteiger partial charge in [0, 0.05) is 30.5 Å². The van der Waals surface area contributed by atoms with Crippen molar-refractivity contribution < 1.29 is 9.59 Å². The highest BCUT2D eigenvalue weighted by atomic mass is 35.5. The van der Waals surface area contributed by atoms with Crippen LogP contribution in [0.3, 0.4) is 0 Å². The van der Waals surface area contributed by atoms with Crippen LogP contribution in [-0.4, -0.2) is 34.8 Å². The molecule has 1 aromatic heterocycles. The molecule has 3 aromatic rings. The molecule has 2 aromatic carbocycles. The third kappa shape index (κ3) is 4.30. The van der Waals surface area contributed by atoms with Crippen molar-refractivity contribution in [1.29, 1.82) is 0 Å². The highest BCUT2D eigenvalue weighted by Gasteiger charge is 2.42. The lowest BCUT2D eigenvalue weighted by molar-refractivity contribution is -0.120. The Labute approximate surface area is 193 Å². The van der Waals surface area contributed by atoms with Crippen molar-refractivity contribution in [2.45, 2.75) is 20.3 Å². The molecular formula is C26H24ClN3O2. The van der Waals surface area contributed by atoms with Gasteiger partial charge in [0.15, 0.2) is 0 Å². The monoisotopic (exact) mass is 445 g/mol. The van der Waals surface area contributed by atoms with E-state index in [0.717, 1.165) is 23.1 Å². The number of hydrogen-bond acceptors (Lipinski definition) is 4. The minimum absolute atomic E-state index is 0.315. The summed E-state index contributed by atoms with van der Waals surface area (Å²) in [4.78, 5) is 34.5. The molecule has 0 radical (unpaired) electrons. The SMILES string of the molecule is CCN(CCc1ccncc1)C1=C(c2ccc(C)cc2)C(=O)N(c2ccc(Cl)cc2)C1=O. The van der Waals surface area contributed by atoms with Gasteiger partial charge in [-0.15, -0.1) is 0 Å². The van der Waals surface area contributed by atoms with Crippen molar-refractivity contribution in [2.75, 3.05) is 18.0 Å². The Balaban J connectivity index is 1.75. The zero-order valence-corrected chi connectivity index (χ0v) is 18.8. The number of pyridine rings is 1. The number of benzene rings is 2. The van der Waals surface area contributed by atoms with E-state index >= 15 is 0 Å². The average molecular weight is 446 g/mol. The molecular weight excluding hydrogens is 422 g/mol. The van der Waals surface area contributed by atoms with Crippen molar-refractivity contribution in [1.82, 2.24) is 9.88 Å². The number of rotatable bonds is 7. The number of amides is 2. The van der Waals surface area contributed by atoms with Gasteiger partial charge in [0.1, 0.15) is 5.70 Å². The molecule has 1 aliphatic rings. The lowest BCUT2D eigenvalue weighted by atomic mass is 10.0. The van der Waals surface area contributed by atoms with Crippen molar-refractivity contribution in [3.63, 3.8) is 0 Å². The number of imide groups is 1. The van der Waals surface area contributed by atoms with E-state index in [1.165, 1.54) is 4.90 Å². The smallest absolute Gasteiger partial charge is 0.282 e. The fraction of sp³-hybridized carbons (Fsp3) is 0.192. The maximum absolute atomic E-state index is 13.6. The zero-order valence-electron chi connectivity index (χ0n) is 18.1. The van der Waals surface area contributed by atoms with Gasteiger partial charge in [-0.25, -0.2) is 4.90 Å². The Hall–Kier alpha value is -3.44. The number of aryl methyl sites for hydroxylation is 1. The van der Waals surface area contributed by atoms with Crippen LogP contribution in [0.1, 0.15) is 23.6 Å². The first-order valence-electron chi connectivity index (χ1n) is 10.6. The standard InChI is InChI=1S/C26H24ClN3O2/c1-3-29(17-14-19-12-15-28-16-13-19)24-23(20-6-4-18(2)5-7-20)25(31)30(26(24)32)22-10-8-21(27)9-11-22/h4-13,15-16H,3,14,17H2,1-2H3. The van der Waals surface area contributed by atoms with Crippen LogP contribution in [0.4, 0.5) is 5.69 Å². The van der Waals surface area contributed by atoms with Crippen LogP contribution in [0.2, 0.25) is 5.02 Å². The molecule has 5 nitrogen and oxygen atoms in total. The molecule has 1 aliphatic heterocycles. The Kier molecular flexibility index (Phi) is 6.37. The molecule has 0 unspecified atom stereocenters. The zero-order chi connectivity index (χ0) is 22.7. The largest absolute Gasteiger partial charge is 0.366 e. The molecule has 0 N–H and O–H groups in total.